The summed E-state index contributed by atoms with van der Waals surface area (Å²) in [6, 6.07) is 0. The fourth-order valence-electron chi connectivity index (χ4n) is 1.29. The van der Waals surface area contributed by atoms with E-state index in [-0.39, 0.29) is 0 Å². The molecule has 7 heteroatoms. The average Bonchev–Trinajstić information content (AvgIpc) is 2.18. The average molecular weight is 210 g/mol. The van der Waals surface area contributed by atoms with Crippen molar-refractivity contribution in [3.63, 3.8) is 0 Å². The lowest BCUT2D eigenvalue weighted by Crippen LogP contribution is -2.59. The smallest absolute Gasteiger partial charge is 0.184 e. The number of ether oxygens (including phenoxy) is 1. The maximum atomic E-state index is 9.49. The van der Waals surface area contributed by atoms with Crippen LogP contribution in [0.1, 0.15) is 0 Å². The van der Waals surface area contributed by atoms with Crippen molar-refractivity contribution in [3.8, 4) is 0 Å². The van der Waals surface area contributed by atoms with Crippen LogP contribution in [0.15, 0.2) is 0 Å². The van der Waals surface area contributed by atoms with Crippen LogP contribution in [0.3, 0.4) is 0 Å². The van der Waals surface area contributed by atoms with Gasteiger partial charge in [-0.25, -0.2) is 9.78 Å². The van der Waals surface area contributed by atoms with Crippen LogP contribution in [0.25, 0.3) is 0 Å². The zero-order valence-electron chi connectivity index (χ0n) is 7.61. The maximum Gasteiger partial charge on any atom is 0.184 e. The molecule has 0 saturated carbocycles. The van der Waals surface area contributed by atoms with Crippen molar-refractivity contribution in [3.05, 3.63) is 0 Å². The van der Waals surface area contributed by atoms with E-state index in [1.807, 2.05) is 0 Å². The van der Waals surface area contributed by atoms with E-state index in [0.717, 1.165) is 0 Å². The van der Waals surface area contributed by atoms with E-state index >= 15 is 0 Å². The zero-order valence-corrected chi connectivity index (χ0v) is 7.61. The van der Waals surface area contributed by atoms with E-state index in [1.165, 1.54) is 7.11 Å². The normalized spacial score (nSPS) is 43.9. The van der Waals surface area contributed by atoms with Gasteiger partial charge in [-0.2, -0.15) is 0 Å². The molecule has 1 aliphatic heterocycles. The Balaban J connectivity index is 2.67. The minimum Gasteiger partial charge on any atom is -0.394 e. The second-order valence-electron chi connectivity index (χ2n) is 2.96. The van der Waals surface area contributed by atoms with Crippen molar-refractivity contribution in [2.45, 2.75) is 30.7 Å². The number of aliphatic hydroxyl groups is 4. The van der Waals surface area contributed by atoms with E-state index in [9.17, 15) is 10.2 Å². The third-order valence-corrected chi connectivity index (χ3v) is 2.05. The molecule has 1 unspecified atom stereocenters. The summed E-state index contributed by atoms with van der Waals surface area (Å²) in [6.07, 6.45) is -6.36. The standard InChI is InChI=1S/C7H14O7/c1-12-14-6-4(9)3(2-8)13-7(11)5(6)10/h3-11H,2H2,1H3/t3-,4-,5-,6+,7?/m1/s1. The quantitative estimate of drug-likeness (QED) is 0.298. The Labute approximate surface area is 80.4 Å². The van der Waals surface area contributed by atoms with Crippen molar-refractivity contribution in [2.75, 3.05) is 13.7 Å². The lowest BCUT2D eigenvalue weighted by molar-refractivity contribution is -0.383. The molecule has 14 heavy (non-hydrogen) atoms. The second kappa shape index (κ2) is 4.99. The topological polar surface area (TPSA) is 109 Å². The highest BCUT2D eigenvalue weighted by Crippen LogP contribution is 2.22. The number of rotatable bonds is 3. The third-order valence-electron chi connectivity index (χ3n) is 2.05. The van der Waals surface area contributed by atoms with Crippen LogP contribution in [0.4, 0.5) is 0 Å². The molecule has 0 aromatic heterocycles. The van der Waals surface area contributed by atoms with Crippen LogP contribution >= 0.6 is 0 Å². The molecular formula is C7H14O7. The lowest BCUT2D eigenvalue weighted by Gasteiger charge is -2.38. The SMILES string of the molecule is COO[C@H]1[C@H](O)[C@@H](CO)OC(O)[C@@H]1O. The predicted molar refractivity (Wildman–Crippen MR) is 41.9 cm³/mol. The van der Waals surface area contributed by atoms with Crippen LogP contribution in [0.2, 0.25) is 0 Å². The van der Waals surface area contributed by atoms with Crippen LogP contribution in [-0.2, 0) is 14.5 Å². The van der Waals surface area contributed by atoms with E-state index in [1.54, 1.807) is 0 Å². The summed E-state index contributed by atoms with van der Waals surface area (Å²) in [7, 11) is 1.20. The highest BCUT2D eigenvalue weighted by atomic mass is 17.2. The van der Waals surface area contributed by atoms with Gasteiger partial charge in [0.25, 0.3) is 0 Å². The molecule has 0 bridgehead atoms. The van der Waals surface area contributed by atoms with Crippen molar-refractivity contribution < 1.29 is 34.9 Å². The predicted octanol–water partition coefficient (Wildman–Crippen LogP) is -2.64. The van der Waals surface area contributed by atoms with Gasteiger partial charge < -0.3 is 25.2 Å². The summed E-state index contributed by atoms with van der Waals surface area (Å²) in [5.74, 6) is 0. The molecule has 1 fully saturated rings. The minimum atomic E-state index is -1.52. The Morgan fingerprint density at radius 3 is 2.36 bits per heavy atom. The molecule has 0 radical (unpaired) electrons. The van der Waals surface area contributed by atoms with Crippen LogP contribution < -0.4 is 0 Å². The third kappa shape index (κ3) is 2.20. The molecule has 0 amide bonds. The van der Waals surface area contributed by atoms with Gasteiger partial charge in [0.15, 0.2) is 12.4 Å². The van der Waals surface area contributed by atoms with Gasteiger partial charge in [0.1, 0.15) is 18.3 Å². The largest absolute Gasteiger partial charge is 0.394 e. The number of hydrogen-bond donors (Lipinski definition) is 4. The first-order valence-corrected chi connectivity index (χ1v) is 4.11. The van der Waals surface area contributed by atoms with Crippen molar-refractivity contribution in [2.24, 2.45) is 0 Å². The van der Waals surface area contributed by atoms with Gasteiger partial charge in [-0.3, -0.25) is 0 Å². The van der Waals surface area contributed by atoms with Gasteiger partial charge in [0.05, 0.1) is 13.7 Å². The summed E-state index contributed by atoms with van der Waals surface area (Å²) in [4.78, 5) is 8.85. The van der Waals surface area contributed by atoms with Crippen LogP contribution in [-0.4, -0.2) is 64.8 Å². The molecule has 1 aliphatic rings. The molecule has 4 N–H and O–H groups in total. The molecule has 1 rings (SSSR count). The Kier molecular flexibility index (Phi) is 4.20. The van der Waals surface area contributed by atoms with Crippen molar-refractivity contribution in [1.29, 1.82) is 0 Å². The Hall–Kier alpha value is -0.280. The number of aliphatic hydroxyl groups excluding tert-OH is 4. The Morgan fingerprint density at radius 2 is 1.86 bits per heavy atom. The first-order chi connectivity index (χ1) is 6.61. The minimum absolute atomic E-state index is 0.492. The van der Waals surface area contributed by atoms with Gasteiger partial charge in [-0.05, 0) is 0 Å². The molecule has 1 heterocycles. The van der Waals surface area contributed by atoms with Crippen LogP contribution in [0.5, 0.6) is 0 Å². The summed E-state index contributed by atoms with van der Waals surface area (Å²) in [5, 5.41) is 36.8. The molecule has 7 nitrogen and oxygen atoms in total. The monoisotopic (exact) mass is 210 g/mol. The molecular weight excluding hydrogens is 196 g/mol. The van der Waals surface area contributed by atoms with Gasteiger partial charge in [0, 0.05) is 0 Å². The highest BCUT2D eigenvalue weighted by molar-refractivity contribution is 4.88. The Bertz CT molecular complexity index is 175. The fourth-order valence-corrected chi connectivity index (χ4v) is 1.29. The molecule has 0 aliphatic carbocycles. The number of hydrogen-bond acceptors (Lipinski definition) is 7. The van der Waals surface area contributed by atoms with Gasteiger partial charge in [-0.15, -0.1) is 0 Å². The van der Waals surface area contributed by atoms with E-state index in [0.29, 0.717) is 0 Å². The molecule has 0 spiro atoms. The van der Waals surface area contributed by atoms with Crippen LogP contribution in [0, 0.1) is 0 Å². The van der Waals surface area contributed by atoms with E-state index < -0.39 is 37.3 Å². The zero-order chi connectivity index (χ0) is 10.7. The molecule has 0 aromatic rings. The molecule has 5 atom stereocenters. The Morgan fingerprint density at radius 1 is 1.21 bits per heavy atom. The van der Waals surface area contributed by atoms with Crippen molar-refractivity contribution >= 4 is 0 Å². The fraction of sp³-hybridized carbons (Fsp3) is 1.00. The first kappa shape index (κ1) is 11.8. The summed E-state index contributed by atoms with van der Waals surface area (Å²) < 4.78 is 4.71. The van der Waals surface area contributed by atoms with Gasteiger partial charge >= 0.3 is 0 Å². The maximum absolute atomic E-state index is 9.49. The second-order valence-corrected chi connectivity index (χ2v) is 2.96. The lowest BCUT2D eigenvalue weighted by atomic mass is 9.99. The molecule has 84 valence electrons. The molecule has 0 aromatic carbocycles. The summed E-state index contributed by atoms with van der Waals surface area (Å²) in [6.45, 7) is -0.492. The first-order valence-electron chi connectivity index (χ1n) is 4.11. The molecule has 1 saturated heterocycles. The van der Waals surface area contributed by atoms with Gasteiger partial charge in [0.2, 0.25) is 0 Å². The van der Waals surface area contributed by atoms with Crippen molar-refractivity contribution in [1.82, 2.24) is 0 Å². The van der Waals surface area contributed by atoms with Gasteiger partial charge in [-0.1, -0.05) is 0 Å². The summed E-state index contributed by atoms with van der Waals surface area (Å²) in [5.41, 5.74) is 0. The highest BCUT2D eigenvalue weighted by Gasteiger charge is 2.45. The van der Waals surface area contributed by atoms with E-state index in [4.69, 9.17) is 14.9 Å². The summed E-state index contributed by atoms with van der Waals surface area (Å²) >= 11 is 0. The van der Waals surface area contributed by atoms with E-state index in [2.05, 4.69) is 9.78 Å².